The lowest BCUT2D eigenvalue weighted by Gasteiger charge is -2.36. The number of piperazine rings is 1. The van der Waals surface area contributed by atoms with Crippen molar-refractivity contribution in [1.29, 1.82) is 0 Å². The molecule has 162 valence electrons. The molecule has 2 aliphatic heterocycles. The van der Waals surface area contributed by atoms with Gasteiger partial charge in [-0.3, -0.25) is 9.69 Å². The Balaban J connectivity index is 1.29. The number of anilines is 1. The molecule has 2 saturated heterocycles. The molecule has 0 spiro atoms. The molecule has 5 rings (SSSR count). The zero-order valence-corrected chi connectivity index (χ0v) is 18.7. The fourth-order valence-electron chi connectivity index (χ4n) is 4.55. The highest BCUT2D eigenvalue weighted by atomic mass is 32.1. The maximum atomic E-state index is 12.8. The van der Waals surface area contributed by atoms with Gasteiger partial charge in [0, 0.05) is 44.7 Å². The van der Waals surface area contributed by atoms with E-state index in [1.807, 2.05) is 12.1 Å². The number of aromatic nitrogens is 2. The molecule has 6 nitrogen and oxygen atoms in total. The average molecular weight is 436 g/mol. The second-order valence-corrected chi connectivity index (χ2v) is 9.37. The lowest BCUT2D eigenvalue weighted by atomic mass is 10.2. The predicted molar refractivity (Wildman–Crippen MR) is 127 cm³/mol. The first kappa shape index (κ1) is 20.4. The standard InChI is InChI=1S/C24H29N5OS/c30-22(28-11-5-1-2-6-12-28)18-27-13-15-29(16-14-27)24-19-8-3-4-9-20(19)25-23(26-24)21-10-7-17-31-21/h3-4,7-10,17H,1-2,5-6,11-16,18H2. The summed E-state index contributed by atoms with van der Waals surface area (Å²) in [5.74, 6) is 2.10. The molecule has 2 aromatic heterocycles. The van der Waals surface area contributed by atoms with Crippen LogP contribution in [0.25, 0.3) is 21.6 Å². The Bertz CT molecular complexity index is 1020. The highest BCUT2D eigenvalue weighted by Crippen LogP contribution is 2.30. The molecule has 0 aliphatic carbocycles. The van der Waals surface area contributed by atoms with Gasteiger partial charge in [0.2, 0.25) is 5.91 Å². The van der Waals surface area contributed by atoms with Gasteiger partial charge in [-0.2, -0.15) is 0 Å². The number of hydrogen-bond acceptors (Lipinski definition) is 6. The van der Waals surface area contributed by atoms with Gasteiger partial charge in [0.25, 0.3) is 0 Å². The molecule has 1 aromatic carbocycles. The number of rotatable bonds is 4. The highest BCUT2D eigenvalue weighted by molar-refractivity contribution is 7.13. The topological polar surface area (TPSA) is 52.6 Å². The Morgan fingerprint density at radius 3 is 2.39 bits per heavy atom. The summed E-state index contributed by atoms with van der Waals surface area (Å²) in [6, 6.07) is 12.4. The van der Waals surface area contributed by atoms with Crippen LogP contribution in [0.4, 0.5) is 5.82 Å². The summed E-state index contributed by atoms with van der Waals surface area (Å²) < 4.78 is 0. The molecule has 2 fully saturated rings. The van der Waals surface area contributed by atoms with Crippen molar-refractivity contribution in [3.63, 3.8) is 0 Å². The van der Waals surface area contributed by atoms with Crippen molar-refractivity contribution < 1.29 is 4.79 Å². The van der Waals surface area contributed by atoms with Crippen LogP contribution in [-0.2, 0) is 4.79 Å². The summed E-state index contributed by atoms with van der Waals surface area (Å²) in [7, 11) is 0. The summed E-state index contributed by atoms with van der Waals surface area (Å²) >= 11 is 1.67. The molecule has 2 aliphatic rings. The number of likely N-dealkylation sites (tertiary alicyclic amines) is 1. The highest BCUT2D eigenvalue weighted by Gasteiger charge is 2.24. The van der Waals surface area contributed by atoms with Crippen LogP contribution >= 0.6 is 11.3 Å². The van der Waals surface area contributed by atoms with Crippen LogP contribution in [0.1, 0.15) is 25.7 Å². The van der Waals surface area contributed by atoms with E-state index < -0.39 is 0 Å². The molecule has 4 heterocycles. The third kappa shape index (κ3) is 4.57. The Labute approximate surface area is 187 Å². The number of thiophene rings is 1. The molecule has 0 unspecified atom stereocenters. The van der Waals surface area contributed by atoms with Crippen molar-refractivity contribution in [1.82, 2.24) is 19.8 Å². The van der Waals surface area contributed by atoms with Crippen molar-refractivity contribution >= 4 is 34.0 Å². The van der Waals surface area contributed by atoms with Gasteiger partial charge in [0.15, 0.2) is 5.82 Å². The van der Waals surface area contributed by atoms with Gasteiger partial charge >= 0.3 is 0 Å². The molecule has 31 heavy (non-hydrogen) atoms. The van der Waals surface area contributed by atoms with Crippen molar-refractivity contribution in [2.75, 3.05) is 50.7 Å². The van der Waals surface area contributed by atoms with E-state index in [2.05, 4.69) is 44.3 Å². The van der Waals surface area contributed by atoms with E-state index in [-0.39, 0.29) is 0 Å². The zero-order chi connectivity index (χ0) is 21.0. The molecular weight excluding hydrogens is 406 g/mol. The minimum atomic E-state index is 0.294. The van der Waals surface area contributed by atoms with E-state index in [1.54, 1.807) is 11.3 Å². The molecular formula is C24H29N5OS. The van der Waals surface area contributed by atoms with E-state index in [1.165, 1.54) is 12.8 Å². The number of nitrogens with zero attached hydrogens (tertiary/aromatic N) is 5. The first-order valence-electron chi connectivity index (χ1n) is 11.3. The lowest BCUT2D eigenvalue weighted by molar-refractivity contribution is -0.132. The van der Waals surface area contributed by atoms with Crippen molar-refractivity contribution in [2.24, 2.45) is 0 Å². The molecule has 0 atom stereocenters. The van der Waals surface area contributed by atoms with Gasteiger partial charge in [-0.25, -0.2) is 9.97 Å². The largest absolute Gasteiger partial charge is 0.353 e. The number of amides is 1. The SMILES string of the molecule is O=C(CN1CCN(c2nc(-c3cccs3)nc3ccccc23)CC1)N1CCCCCC1. The van der Waals surface area contributed by atoms with Crippen LogP contribution in [0, 0.1) is 0 Å². The fraction of sp³-hybridized carbons (Fsp3) is 0.458. The number of para-hydroxylation sites is 1. The third-order valence-corrected chi connectivity index (χ3v) is 7.18. The number of hydrogen-bond donors (Lipinski definition) is 0. The van der Waals surface area contributed by atoms with Crippen molar-refractivity contribution in [3.05, 3.63) is 41.8 Å². The monoisotopic (exact) mass is 435 g/mol. The number of carbonyl (C=O) groups excluding carboxylic acids is 1. The lowest BCUT2D eigenvalue weighted by Crippen LogP contribution is -2.50. The first-order valence-corrected chi connectivity index (χ1v) is 12.2. The Hall–Kier alpha value is -2.51. The van der Waals surface area contributed by atoms with E-state index >= 15 is 0 Å². The predicted octanol–water partition coefficient (Wildman–Crippen LogP) is 3.88. The van der Waals surface area contributed by atoms with Crippen LogP contribution < -0.4 is 4.90 Å². The van der Waals surface area contributed by atoms with Crippen molar-refractivity contribution in [2.45, 2.75) is 25.7 Å². The Morgan fingerprint density at radius 1 is 0.871 bits per heavy atom. The maximum absolute atomic E-state index is 12.8. The van der Waals surface area contributed by atoms with Crippen LogP contribution in [0.15, 0.2) is 41.8 Å². The Kier molecular flexibility index (Phi) is 6.13. The van der Waals surface area contributed by atoms with E-state index in [9.17, 15) is 4.79 Å². The van der Waals surface area contributed by atoms with Crippen LogP contribution in [0.3, 0.4) is 0 Å². The molecule has 0 N–H and O–H groups in total. The summed E-state index contributed by atoms with van der Waals surface area (Å²) in [4.78, 5) is 30.4. The van der Waals surface area contributed by atoms with Gasteiger partial charge < -0.3 is 9.80 Å². The van der Waals surface area contributed by atoms with E-state index in [0.717, 1.165) is 79.5 Å². The van der Waals surface area contributed by atoms with Gasteiger partial charge in [-0.15, -0.1) is 11.3 Å². The van der Waals surface area contributed by atoms with Crippen LogP contribution in [0.5, 0.6) is 0 Å². The summed E-state index contributed by atoms with van der Waals surface area (Å²) in [5, 5.41) is 3.16. The second kappa shape index (κ2) is 9.32. The van der Waals surface area contributed by atoms with Gasteiger partial charge in [-0.05, 0) is 36.4 Å². The van der Waals surface area contributed by atoms with E-state index in [4.69, 9.17) is 9.97 Å². The molecule has 0 radical (unpaired) electrons. The van der Waals surface area contributed by atoms with E-state index in [0.29, 0.717) is 12.5 Å². The molecule has 3 aromatic rings. The number of carbonyl (C=O) groups is 1. The quantitative estimate of drug-likeness (QED) is 0.622. The zero-order valence-electron chi connectivity index (χ0n) is 17.9. The average Bonchev–Trinajstić information content (AvgIpc) is 3.21. The molecule has 1 amide bonds. The number of benzene rings is 1. The smallest absolute Gasteiger partial charge is 0.236 e. The Morgan fingerprint density at radius 2 is 1.65 bits per heavy atom. The van der Waals surface area contributed by atoms with Gasteiger partial charge in [-0.1, -0.05) is 31.0 Å². The van der Waals surface area contributed by atoms with Gasteiger partial charge in [0.05, 0.1) is 16.9 Å². The normalized spacial score (nSPS) is 18.3. The van der Waals surface area contributed by atoms with Crippen molar-refractivity contribution in [3.8, 4) is 10.7 Å². The third-order valence-electron chi connectivity index (χ3n) is 6.31. The van der Waals surface area contributed by atoms with Crippen LogP contribution in [0.2, 0.25) is 0 Å². The van der Waals surface area contributed by atoms with Crippen LogP contribution in [-0.4, -0.2) is 71.5 Å². The first-order chi connectivity index (χ1) is 15.3. The number of fused-ring (bicyclic) bond motifs is 1. The minimum Gasteiger partial charge on any atom is -0.353 e. The summed E-state index contributed by atoms with van der Waals surface area (Å²) in [6.45, 7) is 5.90. The van der Waals surface area contributed by atoms with Gasteiger partial charge in [0.1, 0.15) is 5.82 Å². The molecule has 0 bridgehead atoms. The second-order valence-electron chi connectivity index (χ2n) is 8.42. The summed E-state index contributed by atoms with van der Waals surface area (Å²) in [6.07, 6.45) is 4.80. The maximum Gasteiger partial charge on any atom is 0.236 e. The molecule has 0 saturated carbocycles. The fourth-order valence-corrected chi connectivity index (χ4v) is 5.20. The summed E-state index contributed by atoms with van der Waals surface area (Å²) in [5.41, 5.74) is 0.981. The minimum absolute atomic E-state index is 0.294. The molecule has 7 heteroatoms.